The maximum atomic E-state index is 10.1. The molecule has 4 nitrogen and oxygen atoms in total. The summed E-state index contributed by atoms with van der Waals surface area (Å²) >= 11 is 1.62. The number of para-hydroxylation sites is 1. The van der Waals surface area contributed by atoms with E-state index in [1.165, 1.54) is 0 Å². The Labute approximate surface area is 111 Å². The van der Waals surface area contributed by atoms with Gasteiger partial charge in [0.2, 0.25) is 5.95 Å². The van der Waals surface area contributed by atoms with E-state index < -0.39 is 5.60 Å². The molecule has 0 amide bonds. The van der Waals surface area contributed by atoms with Gasteiger partial charge < -0.3 is 10.4 Å². The number of hydrogen-bond acceptors (Lipinski definition) is 5. The Morgan fingerprint density at radius 1 is 1.39 bits per heavy atom. The average Bonchev–Trinajstić information content (AvgIpc) is 2.36. The molecule has 0 radical (unpaired) electrons. The first-order valence-corrected chi connectivity index (χ1v) is 7.17. The van der Waals surface area contributed by atoms with E-state index in [1.54, 1.807) is 24.9 Å². The van der Waals surface area contributed by atoms with Crippen LogP contribution in [0.4, 0.5) is 5.95 Å². The zero-order chi connectivity index (χ0) is 13.0. The first-order valence-electron chi connectivity index (χ1n) is 5.78. The van der Waals surface area contributed by atoms with E-state index in [2.05, 4.69) is 15.3 Å². The van der Waals surface area contributed by atoms with E-state index in [1.807, 2.05) is 30.5 Å². The zero-order valence-corrected chi connectivity index (χ0v) is 11.4. The van der Waals surface area contributed by atoms with Gasteiger partial charge in [-0.1, -0.05) is 18.2 Å². The Morgan fingerprint density at radius 2 is 2.17 bits per heavy atom. The molecule has 0 aliphatic heterocycles. The van der Waals surface area contributed by atoms with Gasteiger partial charge in [0.25, 0.3) is 0 Å². The van der Waals surface area contributed by atoms with E-state index >= 15 is 0 Å². The van der Waals surface area contributed by atoms with Gasteiger partial charge in [0.1, 0.15) is 0 Å². The van der Waals surface area contributed by atoms with Crippen LogP contribution in [0.2, 0.25) is 0 Å². The van der Waals surface area contributed by atoms with Crippen molar-refractivity contribution in [3.8, 4) is 0 Å². The summed E-state index contributed by atoms with van der Waals surface area (Å²) in [6.45, 7) is 2.24. The third-order valence-corrected chi connectivity index (χ3v) is 3.48. The van der Waals surface area contributed by atoms with Crippen LogP contribution in [-0.2, 0) is 0 Å². The lowest BCUT2D eigenvalue weighted by Crippen LogP contribution is -2.36. The molecule has 1 heterocycles. The second kappa shape index (κ2) is 5.54. The molecule has 0 saturated carbocycles. The van der Waals surface area contributed by atoms with Crippen molar-refractivity contribution in [2.45, 2.75) is 12.5 Å². The molecule has 2 rings (SSSR count). The molecule has 0 spiro atoms. The Hall–Kier alpha value is -1.33. The van der Waals surface area contributed by atoms with E-state index in [0.717, 1.165) is 10.9 Å². The van der Waals surface area contributed by atoms with E-state index in [0.29, 0.717) is 18.2 Å². The number of nitrogens with one attached hydrogen (secondary N) is 1. The second-order valence-corrected chi connectivity index (χ2v) is 5.40. The minimum atomic E-state index is -0.756. The summed E-state index contributed by atoms with van der Waals surface area (Å²) in [6, 6.07) is 7.83. The molecule has 0 saturated heterocycles. The second-order valence-electron chi connectivity index (χ2n) is 4.54. The van der Waals surface area contributed by atoms with E-state index in [9.17, 15) is 5.11 Å². The fraction of sp³-hybridized carbons (Fsp3) is 0.385. The molecule has 18 heavy (non-hydrogen) atoms. The zero-order valence-electron chi connectivity index (χ0n) is 10.6. The lowest BCUT2D eigenvalue weighted by molar-refractivity contribution is 0.0995. The van der Waals surface area contributed by atoms with Gasteiger partial charge in [-0.3, -0.25) is 0 Å². The van der Waals surface area contributed by atoms with Crippen LogP contribution in [-0.4, -0.2) is 39.2 Å². The number of aromatic nitrogens is 2. The van der Waals surface area contributed by atoms with E-state index in [4.69, 9.17) is 0 Å². The van der Waals surface area contributed by atoms with Crippen molar-refractivity contribution in [3.63, 3.8) is 0 Å². The number of anilines is 1. The Bertz CT molecular complexity index is 530. The molecule has 2 aromatic rings. The van der Waals surface area contributed by atoms with Crippen LogP contribution >= 0.6 is 11.8 Å². The molecule has 0 aliphatic rings. The highest BCUT2D eigenvalue weighted by molar-refractivity contribution is 7.98. The predicted molar refractivity (Wildman–Crippen MR) is 77.0 cm³/mol. The SMILES string of the molecule is CSCC(C)(O)CNc1ncc2ccccc2n1. The highest BCUT2D eigenvalue weighted by Crippen LogP contribution is 2.14. The van der Waals surface area contributed by atoms with Crippen LogP contribution in [0.3, 0.4) is 0 Å². The largest absolute Gasteiger partial charge is 0.387 e. The van der Waals surface area contributed by atoms with Crippen LogP contribution in [0.25, 0.3) is 10.9 Å². The molecule has 96 valence electrons. The molecule has 1 aromatic carbocycles. The fourth-order valence-corrected chi connectivity index (χ4v) is 2.41. The lowest BCUT2D eigenvalue weighted by atomic mass is 10.1. The van der Waals surface area contributed by atoms with Gasteiger partial charge in [-0.25, -0.2) is 9.97 Å². The molecule has 1 atom stereocenters. The molecular weight excluding hydrogens is 246 g/mol. The van der Waals surface area contributed by atoms with Gasteiger partial charge in [-0.15, -0.1) is 0 Å². The van der Waals surface area contributed by atoms with Crippen LogP contribution in [0, 0.1) is 0 Å². The summed E-state index contributed by atoms with van der Waals surface area (Å²) in [5.41, 5.74) is 0.147. The summed E-state index contributed by atoms with van der Waals surface area (Å²) in [5.74, 6) is 1.23. The van der Waals surface area contributed by atoms with E-state index in [-0.39, 0.29) is 0 Å². The molecule has 0 aliphatic carbocycles. The van der Waals surface area contributed by atoms with Crippen molar-refractivity contribution in [2.75, 3.05) is 23.9 Å². The molecular formula is C13H17N3OS. The predicted octanol–water partition coefficient (Wildman–Crippen LogP) is 2.16. The summed E-state index contributed by atoms with van der Waals surface area (Å²) in [4.78, 5) is 8.63. The first kappa shape index (κ1) is 13.1. The third kappa shape index (κ3) is 3.34. The Kier molecular flexibility index (Phi) is 4.04. The van der Waals surface area contributed by atoms with Crippen LogP contribution in [0.1, 0.15) is 6.92 Å². The number of benzene rings is 1. The number of thioether (sulfide) groups is 1. The maximum Gasteiger partial charge on any atom is 0.223 e. The average molecular weight is 263 g/mol. The Morgan fingerprint density at radius 3 is 2.94 bits per heavy atom. The Balaban J connectivity index is 2.08. The van der Waals surface area contributed by atoms with Crippen molar-refractivity contribution in [1.29, 1.82) is 0 Å². The normalized spacial score (nSPS) is 14.4. The molecule has 0 bridgehead atoms. The molecule has 1 unspecified atom stereocenters. The van der Waals surface area contributed by atoms with Crippen LogP contribution < -0.4 is 5.32 Å². The van der Waals surface area contributed by atoms with Crippen molar-refractivity contribution in [1.82, 2.24) is 9.97 Å². The highest BCUT2D eigenvalue weighted by atomic mass is 32.2. The van der Waals surface area contributed by atoms with Gasteiger partial charge in [-0.05, 0) is 19.2 Å². The number of aliphatic hydroxyl groups is 1. The third-order valence-electron chi connectivity index (χ3n) is 2.57. The van der Waals surface area contributed by atoms with Gasteiger partial charge in [0.15, 0.2) is 0 Å². The van der Waals surface area contributed by atoms with Crippen LogP contribution in [0.15, 0.2) is 30.5 Å². The monoisotopic (exact) mass is 263 g/mol. The van der Waals surface area contributed by atoms with Gasteiger partial charge in [0, 0.05) is 23.9 Å². The summed E-state index contributed by atoms with van der Waals surface area (Å²) < 4.78 is 0. The van der Waals surface area contributed by atoms with Crippen molar-refractivity contribution in [3.05, 3.63) is 30.5 Å². The number of hydrogen-bond donors (Lipinski definition) is 2. The molecule has 0 fully saturated rings. The van der Waals surface area contributed by atoms with Gasteiger partial charge in [-0.2, -0.15) is 11.8 Å². The minimum Gasteiger partial charge on any atom is -0.387 e. The summed E-state index contributed by atoms with van der Waals surface area (Å²) in [5, 5.41) is 14.1. The first-order chi connectivity index (χ1) is 8.61. The molecule has 2 N–H and O–H groups in total. The quantitative estimate of drug-likeness (QED) is 0.865. The minimum absolute atomic E-state index is 0.437. The number of rotatable bonds is 5. The molecule has 1 aromatic heterocycles. The summed E-state index contributed by atoms with van der Waals surface area (Å²) in [7, 11) is 0. The smallest absolute Gasteiger partial charge is 0.223 e. The standard InChI is InChI=1S/C13H17N3OS/c1-13(17,9-18-2)8-15-12-14-7-10-5-3-4-6-11(10)16-12/h3-7,17H,8-9H2,1-2H3,(H,14,15,16). The lowest BCUT2D eigenvalue weighted by Gasteiger charge is -2.22. The van der Waals surface area contributed by atoms with Crippen molar-refractivity contribution >= 4 is 28.6 Å². The topological polar surface area (TPSA) is 58.0 Å². The fourth-order valence-electron chi connectivity index (χ4n) is 1.69. The molecule has 5 heteroatoms. The van der Waals surface area contributed by atoms with Gasteiger partial charge in [0.05, 0.1) is 11.1 Å². The number of nitrogens with zero attached hydrogens (tertiary/aromatic N) is 2. The van der Waals surface area contributed by atoms with Crippen molar-refractivity contribution < 1.29 is 5.11 Å². The number of fused-ring (bicyclic) bond motifs is 1. The van der Waals surface area contributed by atoms with Gasteiger partial charge >= 0.3 is 0 Å². The maximum absolute atomic E-state index is 10.1. The van der Waals surface area contributed by atoms with Crippen LogP contribution in [0.5, 0.6) is 0 Å². The summed E-state index contributed by atoms with van der Waals surface area (Å²) in [6.07, 6.45) is 3.76. The van der Waals surface area contributed by atoms with Crippen molar-refractivity contribution in [2.24, 2.45) is 0 Å². The highest BCUT2D eigenvalue weighted by Gasteiger charge is 2.19.